The second-order valence-corrected chi connectivity index (χ2v) is 7.23. The molecule has 0 aliphatic heterocycles. The molecule has 2 rings (SSSR count). The standard InChI is InChI=1S/C15H24N2O3S/c16-10-11-20-14-6-8-15(9-7-14)21(18,19)17-12-13-4-2-1-3-5-13/h6-9,13,17H,1-5,10-12,16H2. The minimum atomic E-state index is -3.43. The van der Waals surface area contributed by atoms with E-state index >= 15 is 0 Å². The van der Waals surface area contributed by atoms with E-state index in [2.05, 4.69) is 4.72 Å². The molecule has 3 N–H and O–H groups in total. The molecule has 0 radical (unpaired) electrons. The molecule has 21 heavy (non-hydrogen) atoms. The number of nitrogens with two attached hydrogens (primary N) is 1. The van der Waals surface area contributed by atoms with Gasteiger partial charge in [-0.15, -0.1) is 0 Å². The number of rotatable bonds is 7. The van der Waals surface area contributed by atoms with E-state index in [1.165, 1.54) is 19.3 Å². The van der Waals surface area contributed by atoms with Crippen molar-refractivity contribution in [2.45, 2.75) is 37.0 Å². The lowest BCUT2D eigenvalue weighted by atomic mass is 9.90. The van der Waals surface area contributed by atoms with Crippen LogP contribution < -0.4 is 15.2 Å². The summed E-state index contributed by atoms with van der Waals surface area (Å²) in [6, 6.07) is 6.44. The van der Waals surface area contributed by atoms with Crippen LogP contribution in [0.5, 0.6) is 5.75 Å². The van der Waals surface area contributed by atoms with Gasteiger partial charge in [0.2, 0.25) is 10.0 Å². The summed E-state index contributed by atoms with van der Waals surface area (Å²) in [6.45, 7) is 1.39. The fourth-order valence-electron chi connectivity index (χ4n) is 2.59. The minimum Gasteiger partial charge on any atom is -0.492 e. The van der Waals surface area contributed by atoms with Crippen molar-refractivity contribution in [2.75, 3.05) is 19.7 Å². The van der Waals surface area contributed by atoms with Gasteiger partial charge in [0.15, 0.2) is 0 Å². The second-order valence-electron chi connectivity index (χ2n) is 5.46. The first-order chi connectivity index (χ1) is 10.1. The summed E-state index contributed by atoms with van der Waals surface area (Å²) in [4.78, 5) is 0.276. The molecule has 0 saturated heterocycles. The van der Waals surface area contributed by atoms with Gasteiger partial charge in [0, 0.05) is 13.1 Å². The van der Waals surface area contributed by atoms with E-state index in [1.807, 2.05) is 0 Å². The Morgan fingerprint density at radius 2 is 1.81 bits per heavy atom. The second kappa shape index (κ2) is 7.77. The van der Waals surface area contributed by atoms with Crippen LogP contribution in [-0.4, -0.2) is 28.1 Å². The third-order valence-electron chi connectivity index (χ3n) is 3.81. The summed E-state index contributed by atoms with van der Waals surface area (Å²) in [5.41, 5.74) is 5.36. The minimum absolute atomic E-state index is 0.276. The van der Waals surface area contributed by atoms with Crippen LogP contribution in [0.15, 0.2) is 29.2 Å². The summed E-state index contributed by atoms with van der Waals surface area (Å²) >= 11 is 0. The highest BCUT2D eigenvalue weighted by atomic mass is 32.2. The zero-order chi connectivity index (χ0) is 15.1. The van der Waals surface area contributed by atoms with Gasteiger partial charge in [-0.2, -0.15) is 0 Å². The molecule has 5 nitrogen and oxygen atoms in total. The van der Waals surface area contributed by atoms with E-state index < -0.39 is 10.0 Å². The van der Waals surface area contributed by atoms with Crippen molar-refractivity contribution in [1.82, 2.24) is 4.72 Å². The fourth-order valence-corrected chi connectivity index (χ4v) is 3.71. The van der Waals surface area contributed by atoms with E-state index in [0.717, 1.165) is 12.8 Å². The summed E-state index contributed by atoms with van der Waals surface area (Å²) in [6.07, 6.45) is 5.93. The van der Waals surface area contributed by atoms with Crippen LogP contribution in [0.1, 0.15) is 32.1 Å². The van der Waals surface area contributed by atoms with Crippen LogP contribution in [-0.2, 0) is 10.0 Å². The van der Waals surface area contributed by atoms with Crippen LogP contribution in [0, 0.1) is 5.92 Å². The molecule has 1 aliphatic carbocycles. The molecule has 0 unspecified atom stereocenters. The molecule has 118 valence electrons. The summed E-state index contributed by atoms with van der Waals surface area (Å²) in [5.74, 6) is 1.10. The summed E-state index contributed by atoms with van der Waals surface area (Å²) in [7, 11) is -3.43. The van der Waals surface area contributed by atoms with E-state index in [9.17, 15) is 8.42 Å². The van der Waals surface area contributed by atoms with Gasteiger partial charge in [-0.25, -0.2) is 13.1 Å². The van der Waals surface area contributed by atoms with Crippen molar-refractivity contribution < 1.29 is 13.2 Å². The van der Waals surface area contributed by atoms with Crippen molar-refractivity contribution >= 4 is 10.0 Å². The lowest BCUT2D eigenvalue weighted by Gasteiger charge is -2.21. The molecule has 1 aromatic carbocycles. The van der Waals surface area contributed by atoms with Gasteiger partial charge in [-0.05, 0) is 43.0 Å². The normalized spacial score (nSPS) is 16.8. The molecule has 0 aromatic heterocycles. The lowest BCUT2D eigenvalue weighted by molar-refractivity contribution is 0.328. The smallest absolute Gasteiger partial charge is 0.240 e. The Hall–Kier alpha value is -1.11. The third kappa shape index (κ3) is 4.98. The molecule has 0 spiro atoms. The maximum atomic E-state index is 12.2. The number of benzene rings is 1. The van der Waals surface area contributed by atoms with Gasteiger partial charge < -0.3 is 10.5 Å². The topological polar surface area (TPSA) is 81.4 Å². The number of nitrogens with one attached hydrogen (secondary N) is 1. The highest BCUT2D eigenvalue weighted by molar-refractivity contribution is 7.89. The molecule has 0 amide bonds. The maximum absolute atomic E-state index is 12.2. The van der Waals surface area contributed by atoms with E-state index in [1.54, 1.807) is 24.3 Å². The van der Waals surface area contributed by atoms with Crippen molar-refractivity contribution in [1.29, 1.82) is 0 Å². The molecular formula is C15H24N2O3S. The third-order valence-corrected chi connectivity index (χ3v) is 5.25. The van der Waals surface area contributed by atoms with Gasteiger partial charge in [-0.3, -0.25) is 0 Å². The summed E-state index contributed by atoms with van der Waals surface area (Å²) in [5, 5.41) is 0. The van der Waals surface area contributed by atoms with Crippen molar-refractivity contribution in [3.05, 3.63) is 24.3 Å². The SMILES string of the molecule is NCCOc1ccc(S(=O)(=O)NCC2CCCCC2)cc1. The van der Waals surface area contributed by atoms with Crippen molar-refractivity contribution in [3.63, 3.8) is 0 Å². The fraction of sp³-hybridized carbons (Fsp3) is 0.600. The molecule has 1 fully saturated rings. The van der Waals surface area contributed by atoms with E-state index in [0.29, 0.717) is 31.4 Å². The van der Waals surface area contributed by atoms with Crippen molar-refractivity contribution in [3.8, 4) is 5.75 Å². The Balaban J connectivity index is 1.91. The molecule has 1 saturated carbocycles. The molecule has 1 aromatic rings. The van der Waals surface area contributed by atoms with Gasteiger partial charge in [-0.1, -0.05) is 19.3 Å². The average Bonchev–Trinajstić information content (AvgIpc) is 2.52. The van der Waals surface area contributed by atoms with Gasteiger partial charge >= 0.3 is 0 Å². The maximum Gasteiger partial charge on any atom is 0.240 e. The first kappa shape index (κ1) is 16.3. The van der Waals surface area contributed by atoms with Crippen LogP contribution in [0.2, 0.25) is 0 Å². The van der Waals surface area contributed by atoms with E-state index in [4.69, 9.17) is 10.5 Å². The average molecular weight is 312 g/mol. The lowest BCUT2D eigenvalue weighted by Crippen LogP contribution is -2.30. The zero-order valence-electron chi connectivity index (χ0n) is 12.3. The zero-order valence-corrected chi connectivity index (χ0v) is 13.1. The largest absolute Gasteiger partial charge is 0.492 e. The quantitative estimate of drug-likeness (QED) is 0.805. The van der Waals surface area contributed by atoms with Crippen LogP contribution in [0.25, 0.3) is 0 Å². The Kier molecular flexibility index (Phi) is 6.02. The predicted molar refractivity (Wildman–Crippen MR) is 82.8 cm³/mol. The molecule has 0 atom stereocenters. The van der Waals surface area contributed by atoms with E-state index in [-0.39, 0.29) is 4.90 Å². The Morgan fingerprint density at radius 3 is 2.43 bits per heavy atom. The molecule has 0 bridgehead atoms. The molecule has 0 heterocycles. The Morgan fingerprint density at radius 1 is 1.14 bits per heavy atom. The Bertz CT molecular complexity index is 522. The van der Waals surface area contributed by atoms with Gasteiger partial charge in [0.1, 0.15) is 12.4 Å². The van der Waals surface area contributed by atoms with Crippen molar-refractivity contribution in [2.24, 2.45) is 11.7 Å². The predicted octanol–water partition coefficient (Wildman–Crippen LogP) is 1.88. The highest BCUT2D eigenvalue weighted by Gasteiger charge is 2.18. The number of sulfonamides is 1. The Labute approximate surface area is 126 Å². The first-order valence-corrected chi connectivity index (χ1v) is 9.03. The highest BCUT2D eigenvalue weighted by Crippen LogP contribution is 2.23. The number of hydrogen-bond donors (Lipinski definition) is 2. The number of hydrogen-bond acceptors (Lipinski definition) is 4. The first-order valence-electron chi connectivity index (χ1n) is 7.54. The van der Waals surface area contributed by atoms with Gasteiger partial charge in [0.05, 0.1) is 4.90 Å². The van der Waals surface area contributed by atoms with Crippen LogP contribution >= 0.6 is 0 Å². The van der Waals surface area contributed by atoms with Crippen LogP contribution in [0.4, 0.5) is 0 Å². The molecule has 6 heteroatoms. The van der Waals surface area contributed by atoms with Gasteiger partial charge in [0.25, 0.3) is 0 Å². The summed E-state index contributed by atoms with van der Waals surface area (Å²) < 4.78 is 32.5. The monoisotopic (exact) mass is 312 g/mol. The molecule has 1 aliphatic rings. The van der Waals surface area contributed by atoms with Crippen LogP contribution in [0.3, 0.4) is 0 Å². The number of ether oxygens (including phenoxy) is 1. The molecular weight excluding hydrogens is 288 g/mol.